The maximum Gasteiger partial charge on any atom is 0.280 e. The molecule has 2 aromatic carbocycles. The first kappa shape index (κ1) is 17.6. The molecule has 0 unspecified atom stereocenters. The number of hydrogen-bond acceptors (Lipinski definition) is 4. The van der Waals surface area contributed by atoms with Crippen molar-refractivity contribution in [1.29, 1.82) is 0 Å². The molecule has 1 aliphatic heterocycles. The summed E-state index contributed by atoms with van der Waals surface area (Å²) in [5.41, 5.74) is 2.37. The van der Waals surface area contributed by atoms with Crippen LogP contribution in [0.4, 0.5) is 11.4 Å². The normalized spacial score (nSPS) is 15.8. The van der Waals surface area contributed by atoms with E-state index in [1.165, 1.54) is 17.1 Å². The summed E-state index contributed by atoms with van der Waals surface area (Å²) in [6.45, 7) is 1.75. The molecule has 0 spiro atoms. The topological polar surface area (TPSA) is 75.8 Å². The second kappa shape index (κ2) is 7.33. The Morgan fingerprint density at radius 2 is 1.92 bits per heavy atom. The highest BCUT2D eigenvalue weighted by Gasteiger charge is 2.28. The lowest BCUT2D eigenvalue weighted by molar-refractivity contribution is -0.384. The first-order valence-electron chi connectivity index (χ1n) is 7.74. The number of halogens is 1. The van der Waals surface area contributed by atoms with Gasteiger partial charge in [0.1, 0.15) is 0 Å². The molecular formula is C19H14ClN3O3. The maximum atomic E-state index is 12.6. The van der Waals surface area contributed by atoms with Crippen LogP contribution in [-0.4, -0.2) is 16.5 Å². The number of carbonyl (C=O) groups excluding carboxylic acids is 1. The number of nitrogens with zero attached hydrogens (tertiary/aromatic N) is 3. The number of benzene rings is 2. The number of nitro benzene ring substituents is 1. The van der Waals surface area contributed by atoms with Crippen LogP contribution in [0.5, 0.6) is 0 Å². The first-order valence-corrected chi connectivity index (χ1v) is 8.12. The minimum absolute atomic E-state index is 0.0170. The molecule has 7 heteroatoms. The molecule has 130 valence electrons. The van der Waals surface area contributed by atoms with Crippen molar-refractivity contribution < 1.29 is 9.72 Å². The van der Waals surface area contributed by atoms with Crippen molar-refractivity contribution in [2.75, 3.05) is 5.01 Å². The minimum Gasteiger partial charge on any atom is -0.267 e. The molecule has 0 aromatic heterocycles. The van der Waals surface area contributed by atoms with Gasteiger partial charge >= 0.3 is 0 Å². The van der Waals surface area contributed by atoms with Crippen LogP contribution < -0.4 is 5.01 Å². The molecule has 0 aliphatic carbocycles. The van der Waals surface area contributed by atoms with E-state index in [0.29, 0.717) is 27.6 Å². The molecule has 0 atom stereocenters. The zero-order valence-corrected chi connectivity index (χ0v) is 14.6. The molecule has 0 saturated carbocycles. The number of hydrogen-bond donors (Lipinski definition) is 0. The van der Waals surface area contributed by atoms with E-state index >= 15 is 0 Å². The molecule has 6 nitrogen and oxygen atoms in total. The van der Waals surface area contributed by atoms with Gasteiger partial charge in [-0.1, -0.05) is 35.9 Å². The number of rotatable bonds is 4. The number of amides is 1. The molecule has 0 fully saturated rings. The summed E-state index contributed by atoms with van der Waals surface area (Å²) in [7, 11) is 0. The summed E-state index contributed by atoms with van der Waals surface area (Å²) in [4.78, 5) is 22.9. The molecule has 0 bridgehead atoms. The Bertz CT molecular complexity index is 962. The van der Waals surface area contributed by atoms with E-state index < -0.39 is 4.92 Å². The molecule has 2 aromatic rings. The third kappa shape index (κ3) is 3.70. The van der Waals surface area contributed by atoms with Gasteiger partial charge in [-0.3, -0.25) is 14.9 Å². The van der Waals surface area contributed by atoms with Gasteiger partial charge < -0.3 is 0 Å². The Hall–Kier alpha value is -3.25. The van der Waals surface area contributed by atoms with Crippen molar-refractivity contribution >= 4 is 40.7 Å². The Balaban J connectivity index is 1.80. The summed E-state index contributed by atoms with van der Waals surface area (Å²) in [6.07, 6.45) is 5.03. The van der Waals surface area contributed by atoms with Gasteiger partial charge in [-0.15, -0.1) is 0 Å². The quantitative estimate of drug-likeness (QED) is 0.450. The van der Waals surface area contributed by atoms with Gasteiger partial charge in [0.05, 0.1) is 21.9 Å². The summed E-state index contributed by atoms with van der Waals surface area (Å²) >= 11 is 5.87. The van der Waals surface area contributed by atoms with Crippen molar-refractivity contribution in [2.24, 2.45) is 5.10 Å². The first-order chi connectivity index (χ1) is 12.5. The van der Waals surface area contributed by atoms with Crippen molar-refractivity contribution in [3.8, 4) is 0 Å². The number of hydrazone groups is 1. The van der Waals surface area contributed by atoms with Crippen molar-refractivity contribution in [1.82, 2.24) is 0 Å². The molecule has 1 amide bonds. The third-order valence-corrected chi connectivity index (χ3v) is 4.02. The van der Waals surface area contributed by atoms with E-state index in [0.717, 1.165) is 0 Å². The predicted octanol–water partition coefficient (Wildman–Crippen LogP) is 4.61. The summed E-state index contributed by atoms with van der Waals surface area (Å²) < 4.78 is 0. The maximum absolute atomic E-state index is 12.6. The summed E-state index contributed by atoms with van der Waals surface area (Å²) in [5, 5.41) is 17.0. The standard InChI is InChI=1S/C19H14ClN3O3/c1-13-18(7-3-5-14-4-2-6-17(12-14)23(25)26)19(24)22(21-13)16-10-8-15(20)9-11-16/h2-12H,1H3/b5-3+,18-7+. The van der Waals surface area contributed by atoms with E-state index in [9.17, 15) is 14.9 Å². The van der Waals surface area contributed by atoms with E-state index in [1.807, 2.05) is 0 Å². The van der Waals surface area contributed by atoms with Crippen LogP contribution in [-0.2, 0) is 4.79 Å². The number of allylic oxidation sites excluding steroid dienone is 2. The zero-order valence-electron chi connectivity index (χ0n) is 13.8. The van der Waals surface area contributed by atoms with Crippen LogP contribution in [0.3, 0.4) is 0 Å². The molecule has 0 radical (unpaired) electrons. The number of nitro groups is 1. The van der Waals surface area contributed by atoms with Gasteiger partial charge in [-0.25, -0.2) is 0 Å². The summed E-state index contributed by atoms with van der Waals surface area (Å²) in [6, 6.07) is 13.1. The lowest BCUT2D eigenvalue weighted by Gasteiger charge is -2.11. The second-order valence-electron chi connectivity index (χ2n) is 5.57. The van der Waals surface area contributed by atoms with Crippen molar-refractivity contribution in [2.45, 2.75) is 6.92 Å². The number of anilines is 1. The van der Waals surface area contributed by atoms with E-state index in [2.05, 4.69) is 5.10 Å². The minimum atomic E-state index is -0.447. The second-order valence-corrected chi connectivity index (χ2v) is 6.01. The van der Waals surface area contributed by atoms with E-state index in [1.54, 1.807) is 61.5 Å². The highest BCUT2D eigenvalue weighted by molar-refractivity contribution is 6.31. The summed E-state index contributed by atoms with van der Waals surface area (Å²) in [5.74, 6) is -0.242. The largest absolute Gasteiger partial charge is 0.280 e. The Kier molecular flexibility index (Phi) is 4.95. The number of carbonyl (C=O) groups is 1. The smallest absolute Gasteiger partial charge is 0.267 e. The van der Waals surface area contributed by atoms with Crippen LogP contribution in [0.1, 0.15) is 12.5 Å². The monoisotopic (exact) mass is 367 g/mol. The fourth-order valence-corrected chi connectivity index (χ4v) is 2.59. The highest BCUT2D eigenvalue weighted by Crippen LogP contribution is 2.25. The highest BCUT2D eigenvalue weighted by atomic mass is 35.5. The van der Waals surface area contributed by atoms with Crippen LogP contribution in [0.2, 0.25) is 5.02 Å². The fourth-order valence-electron chi connectivity index (χ4n) is 2.46. The van der Waals surface area contributed by atoms with E-state index in [-0.39, 0.29) is 11.6 Å². The molecule has 1 heterocycles. The Labute approximate surface area is 154 Å². The Morgan fingerprint density at radius 1 is 1.19 bits per heavy atom. The van der Waals surface area contributed by atoms with Gasteiger partial charge in [0.25, 0.3) is 11.6 Å². The fraction of sp³-hybridized carbons (Fsp3) is 0.0526. The molecule has 0 N–H and O–H groups in total. The van der Waals surface area contributed by atoms with Gasteiger partial charge in [0.15, 0.2) is 0 Å². The molecule has 1 aliphatic rings. The third-order valence-electron chi connectivity index (χ3n) is 3.77. The van der Waals surface area contributed by atoms with E-state index in [4.69, 9.17) is 11.6 Å². The predicted molar refractivity (Wildman–Crippen MR) is 102 cm³/mol. The molecular weight excluding hydrogens is 354 g/mol. The molecule has 26 heavy (non-hydrogen) atoms. The van der Waals surface area contributed by atoms with Gasteiger partial charge in [-0.05, 0) is 42.8 Å². The SMILES string of the molecule is CC1=NN(c2ccc(Cl)cc2)C(=O)/C1=C/C=C/c1cccc([N+](=O)[O-])c1. The molecule has 0 saturated heterocycles. The van der Waals surface area contributed by atoms with Crippen LogP contribution in [0.25, 0.3) is 6.08 Å². The zero-order chi connectivity index (χ0) is 18.7. The van der Waals surface area contributed by atoms with Gasteiger partial charge in [-0.2, -0.15) is 10.1 Å². The van der Waals surface area contributed by atoms with Crippen molar-refractivity contribution in [3.63, 3.8) is 0 Å². The van der Waals surface area contributed by atoms with Crippen LogP contribution in [0.15, 0.2) is 71.4 Å². The average molecular weight is 368 g/mol. The lowest BCUT2D eigenvalue weighted by Crippen LogP contribution is -2.21. The number of non-ortho nitro benzene ring substituents is 1. The lowest BCUT2D eigenvalue weighted by atomic mass is 10.1. The van der Waals surface area contributed by atoms with Gasteiger partial charge in [0, 0.05) is 17.2 Å². The van der Waals surface area contributed by atoms with Crippen LogP contribution in [0, 0.1) is 10.1 Å². The van der Waals surface area contributed by atoms with Crippen LogP contribution >= 0.6 is 11.6 Å². The molecule has 3 rings (SSSR count). The average Bonchev–Trinajstić information content (AvgIpc) is 2.91. The van der Waals surface area contributed by atoms with Crippen molar-refractivity contribution in [3.05, 3.63) is 87.0 Å². The Morgan fingerprint density at radius 3 is 2.62 bits per heavy atom. The van der Waals surface area contributed by atoms with Gasteiger partial charge in [0.2, 0.25) is 0 Å².